The number of aromatic nitrogens is 3. The second kappa shape index (κ2) is 2.98. The lowest BCUT2D eigenvalue weighted by Gasteiger charge is -2.00. The van der Waals surface area contributed by atoms with Crippen molar-refractivity contribution in [2.24, 2.45) is 0 Å². The van der Waals surface area contributed by atoms with E-state index < -0.39 is 9.84 Å². The van der Waals surface area contributed by atoms with E-state index in [1.54, 1.807) is 12.3 Å². The number of pyridine rings is 1. The highest BCUT2D eigenvalue weighted by molar-refractivity contribution is 7.90. The number of rotatable bonds is 1. The summed E-state index contributed by atoms with van der Waals surface area (Å²) in [6.45, 7) is 0. The first-order valence-corrected chi connectivity index (χ1v) is 5.73. The van der Waals surface area contributed by atoms with Crippen LogP contribution in [0.4, 0.5) is 0 Å². The molecule has 14 heavy (non-hydrogen) atoms. The third-order valence-electron chi connectivity index (χ3n) is 1.75. The lowest BCUT2D eigenvalue weighted by Crippen LogP contribution is -2.02. The van der Waals surface area contributed by atoms with E-state index in [0.29, 0.717) is 10.9 Å². The van der Waals surface area contributed by atoms with Gasteiger partial charge in [-0.25, -0.2) is 18.4 Å². The summed E-state index contributed by atoms with van der Waals surface area (Å²) >= 11 is 0. The molecule has 0 unspecified atom stereocenters. The maximum Gasteiger partial charge on any atom is 0.193 e. The molecule has 2 rings (SSSR count). The minimum absolute atomic E-state index is 0.0237. The zero-order valence-electron chi connectivity index (χ0n) is 7.38. The highest BCUT2D eigenvalue weighted by Crippen LogP contribution is 2.16. The summed E-state index contributed by atoms with van der Waals surface area (Å²) < 4.78 is 22.7. The second-order valence-corrected chi connectivity index (χ2v) is 4.77. The largest absolute Gasteiger partial charge is 0.264 e. The second-order valence-electron chi connectivity index (χ2n) is 2.84. The van der Waals surface area contributed by atoms with Crippen molar-refractivity contribution in [2.45, 2.75) is 5.03 Å². The topological polar surface area (TPSA) is 72.8 Å². The van der Waals surface area contributed by atoms with Gasteiger partial charge in [0.2, 0.25) is 0 Å². The Hall–Kier alpha value is -1.56. The molecule has 0 spiro atoms. The highest BCUT2D eigenvalue weighted by Gasteiger charge is 2.13. The van der Waals surface area contributed by atoms with Crippen molar-refractivity contribution < 1.29 is 8.42 Å². The fraction of sp³-hybridized carbons (Fsp3) is 0.125. The quantitative estimate of drug-likeness (QED) is 0.637. The molecule has 2 aromatic heterocycles. The molecule has 72 valence electrons. The van der Waals surface area contributed by atoms with E-state index in [1.165, 1.54) is 12.5 Å². The molecule has 0 N–H and O–H groups in total. The van der Waals surface area contributed by atoms with Crippen LogP contribution in [-0.4, -0.2) is 29.6 Å². The van der Waals surface area contributed by atoms with Crippen molar-refractivity contribution >= 4 is 20.7 Å². The van der Waals surface area contributed by atoms with E-state index in [2.05, 4.69) is 15.0 Å². The van der Waals surface area contributed by atoms with Crippen LogP contribution in [0.25, 0.3) is 10.9 Å². The van der Waals surface area contributed by atoms with E-state index in [1.807, 2.05) is 0 Å². The number of fused-ring (bicyclic) bond motifs is 1. The van der Waals surface area contributed by atoms with Crippen LogP contribution >= 0.6 is 0 Å². The molecule has 2 heterocycles. The van der Waals surface area contributed by atoms with Gasteiger partial charge in [0.15, 0.2) is 14.9 Å². The third-order valence-corrected chi connectivity index (χ3v) is 2.78. The molecule has 0 bridgehead atoms. The van der Waals surface area contributed by atoms with Crippen molar-refractivity contribution in [1.29, 1.82) is 0 Å². The Labute approximate surface area is 80.8 Å². The zero-order chi connectivity index (χ0) is 10.2. The summed E-state index contributed by atoms with van der Waals surface area (Å²) in [4.78, 5) is 11.5. The number of nitrogens with zero attached hydrogens (tertiary/aromatic N) is 3. The van der Waals surface area contributed by atoms with Crippen LogP contribution in [0, 0.1) is 0 Å². The predicted octanol–water partition coefficient (Wildman–Crippen LogP) is 0.428. The van der Waals surface area contributed by atoms with Gasteiger partial charge in [-0.05, 0) is 6.07 Å². The first-order chi connectivity index (χ1) is 6.59. The molecular weight excluding hydrogens is 202 g/mol. The molecule has 6 heteroatoms. The van der Waals surface area contributed by atoms with Crippen molar-refractivity contribution in [3.05, 3.63) is 24.8 Å². The Morgan fingerprint density at radius 1 is 1.29 bits per heavy atom. The van der Waals surface area contributed by atoms with Crippen molar-refractivity contribution in [3.63, 3.8) is 0 Å². The molecule has 0 aliphatic carbocycles. The molecule has 0 radical (unpaired) electrons. The van der Waals surface area contributed by atoms with Gasteiger partial charge in [0, 0.05) is 18.6 Å². The standard InChI is InChI=1S/C8H7N3O2S/c1-14(12,13)8-6-4-9-3-2-7(6)10-5-11-8/h2-5H,1H3. The maximum atomic E-state index is 11.3. The van der Waals surface area contributed by atoms with Gasteiger partial charge in [-0.15, -0.1) is 0 Å². The number of hydrogen-bond acceptors (Lipinski definition) is 5. The van der Waals surface area contributed by atoms with Gasteiger partial charge < -0.3 is 0 Å². The van der Waals surface area contributed by atoms with E-state index in [-0.39, 0.29) is 5.03 Å². The Balaban J connectivity index is 2.92. The SMILES string of the molecule is CS(=O)(=O)c1ncnc2ccncc12. The Morgan fingerprint density at radius 2 is 2.07 bits per heavy atom. The van der Waals surface area contributed by atoms with Gasteiger partial charge in [0.25, 0.3) is 0 Å². The summed E-state index contributed by atoms with van der Waals surface area (Å²) in [5.41, 5.74) is 0.579. The summed E-state index contributed by atoms with van der Waals surface area (Å²) in [6, 6.07) is 1.64. The van der Waals surface area contributed by atoms with Crippen molar-refractivity contribution in [1.82, 2.24) is 15.0 Å². The van der Waals surface area contributed by atoms with E-state index in [4.69, 9.17) is 0 Å². The Kier molecular flexibility index (Phi) is 1.92. The highest BCUT2D eigenvalue weighted by atomic mass is 32.2. The van der Waals surface area contributed by atoms with Gasteiger partial charge in [-0.2, -0.15) is 0 Å². The zero-order valence-corrected chi connectivity index (χ0v) is 8.19. The van der Waals surface area contributed by atoms with Gasteiger partial charge in [-0.3, -0.25) is 4.98 Å². The van der Waals surface area contributed by atoms with Crippen molar-refractivity contribution in [2.75, 3.05) is 6.26 Å². The summed E-state index contributed by atoms with van der Waals surface area (Å²) in [5, 5.41) is 0.480. The predicted molar refractivity (Wildman–Crippen MR) is 50.4 cm³/mol. The fourth-order valence-corrected chi connectivity index (χ4v) is 1.97. The molecule has 0 saturated carbocycles. The van der Waals surface area contributed by atoms with Crippen LogP contribution < -0.4 is 0 Å². The van der Waals surface area contributed by atoms with Crippen LogP contribution in [0.3, 0.4) is 0 Å². The van der Waals surface area contributed by atoms with E-state index in [0.717, 1.165) is 6.26 Å². The average Bonchev–Trinajstić information content (AvgIpc) is 2.15. The summed E-state index contributed by atoms with van der Waals surface area (Å²) in [6.07, 6.45) is 5.35. The van der Waals surface area contributed by atoms with Gasteiger partial charge in [-0.1, -0.05) is 0 Å². The third kappa shape index (κ3) is 1.44. The minimum atomic E-state index is -3.32. The van der Waals surface area contributed by atoms with Gasteiger partial charge in [0.05, 0.1) is 10.9 Å². The lowest BCUT2D eigenvalue weighted by atomic mass is 10.3. The molecule has 0 aromatic carbocycles. The first kappa shape index (κ1) is 9.01. The normalized spacial score (nSPS) is 11.8. The smallest absolute Gasteiger partial charge is 0.193 e. The number of hydrogen-bond donors (Lipinski definition) is 0. The molecule has 0 atom stereocenters. The fourth-order valence-electron chi connectivity index (χ4n) is 1.17. The number of sulfone groups is 1. The van der Waals surface area contributed by atoms with E-state index >= 15 is 0 Å². The van der Waals surface area contributed by atoms with Crippen LogP contribution in [0.15, 0.2) is 29.8 Å². The van der Waals surface area contributed by atoms with Crippen molar-refractivity contribution in [3.8, 4) is 0 Å². The molecule has 0 aliphatic heterocycles. The van der Waals surface area contributed by atoms with Crippen LogP contribution in [0.1, 0.15) is 0 Å². The molecule has 0 fully saturated rings. The summed E-state index contributed by atoms with van der Waals surface area (Å²) in [5.74, 6) is 0. The molecular formula is C8H7N3O2S. The van der Waals surface area contributed by atoms with E-state index in [9.17, 15) is 8.42 Å². The van der Waals surface area contributed by atoms with Crippen LogP contribution in [0.5, 0.6) is 0 Å². The minimum Gasteiger partial charge on any atom is -0.264 e. The average molecular weight is 209 g/mol. The molecule has 0 saturated heterocycles. The summed E-state index contributed by atoms with van der Waals surface area (Å²) in [7, 11) is -3.32. The molecule has 5 nitrogen and oxygen atoms in total. The Morgan fingerprint density at radius 3 is 2.79 bits per heavy atom. The first-order valence-electron chi connectivity index (χ1n) is 3.84. The molecule has 0 aliphatic rings. The molecule has 2 aromatic rings. The Bertz CT molecular complexity index is 575. The van der Waals surface area contributed by atoms with Crippen LogP contribution in [-0.2, 0) is 9.84 Å². The van der Waals surface area contributed by atoms with Gasteiger partial charge >= 0.3 is 0 Å². The lowest BCUT2D eigenvalue weighted by molar-refractivity contribution is 0.599. The van der Waals surface area contributed by atoms with Crippen LogP contribution in [0.2, 0.25) is 0 Å². The van der Waals surface area contributed by atoms with Gasteiger partial charge in [0.1, 0.15) is 6.33 Å². The molecule has 0 amide bonds. The monoisotopic (exact) mass is 209 g/mol. The maximum absolute atomic E-state index is 11.3.